The average Bonchev–Trinajstić information content (AvgIpc) is 2.38. The second-order valence-electron chi connectivity index (χ2n) is 4.68. The number of hydrogen-bond donors (Lipinski definition) is 1. The Bertz CT molecular complexity index is 367. The van der Waals surface area contributed by atoms with E-state index in [1.165, 1.54) is 0 Å². The quantitative estimate of drug-likeness (QED) is 0.867. The van der Waals surface area contributed by atoms with Crippen molar-refractivity contribution in [2.45, 2.75) is 31.8 Å². The van der Waals surface area contributed by atoms with Gasteiger partial charge in [0.15, 0.2) is 0 Å². The molecule has 1 aliphatic heterocycles. The smallest absolute Gasteiger partial charge is 0.127 e. The number of benzene rings is 1. The lowest BCUT2D eigenvalue weighted by molar-refractivity contribution is 0.131. The zero-order valence-corrected chi connectivity index (χ0v) is 10.6. The molecular formula is C14H21FN2. The summed E-state index contributed by atoms with van der Waals surface area (Å²) in [6, 6.07) is 7.88. The van der Waals surface area contributed by atoms with E-state index >= 15 is 0 Å². The lowest BCUT2D eigenvalue weighted by Crippen LogP contribution is -2.43. The molecule has 0 unspecified atom stereocenters. The van der Waals surface area contributed by atoms with E-state index in [0.29, 0.717) is 6.04 Å². The van der Waals surface area contributed by atoms with Gasteiger partial charge in [-0.05, 0) is 32.5 Å². The number of nitrogens with one attached hydrogen (secondary N) is 1. The molecule has 0 bridgehead atoms. The highest BCUT2D eigenvalue weighted by Crippen LogP contribution is 2.31. The molecule has 0 saturated carbocycles. The van der Waals surface area contributed by atoms with Gasteiger partial charge in [0.2, 0.25) is 0 Å². The van der Waals surface area contributed by atoms with E-state index < -0.39 is 0 Å². The van der Waals surface area contributed by atoms with Gasteiger partial charge in [0.1, 0.15) is 5.82 Å². The van der Waals surface area contributed by atoms with Crippen molar-refractivity contribution in [3.8, 4) is 0 Å². The predicted octanol–water partition coefficient (Wildman–Crippen LogP) is 2.57. The van der Waals surface area contributed by atoms with Crippen LogP contribution in [0.25, 0.3) is 0 Å². The van der Waals surface area contributed by atoms with Crippen molar-refractivity contribution in [1.82, 2.24) is 10.2 Å². The third kappa shape index (κ3) is 2.67. The molecular weight excluding hydrogens is 215 g/mol. The van der Waals surface area contributed by atoms with Crippen LogP contribution < -0.4 is 5.32 Å². The van der Waals surface area contributed by atoms with E-state index in [1.807, 2.05) is 19.2 Å². The maximum atomic E-state index is 13.9. The van der Waals surface area contributed by atoms with Crippen LogP contribution in [0.1, 0.15) is 31.4 Å². The van der Waals surface area contributed by atoms with Gasteiger partial charge in [-0.15, -0.1) is 0 Å². The van der Waals surface area contributed by atoms with Crippen molar-refractivity contribution in [3.63, 3.8) is 0 Å². The molecule has 3 heteroatoms. The molecule has 2 atom stereocenters. The highest BCUT2D eigenvalue weighted by Gasteiger charge is 2.29. The third-order valence-electron chi connectivity index (χ3n) is 3.79. The molecule has 1 heterocycles. The summed E-state index contributed by atoms with van der Waals surface area (Å²) in [5.74, 6) is -0.0762. The van der Waals surface area contributed by atoms with Crippen LogP contribution in [0.3, 0.4) is 0 Å². The fourth-order valence-corrected chi connectivity index (χ4v) is 2.72. The highest BCUT2D eigenvalue weighted by molar-refractivity contribution is 5.22. The normalized spacial score (nSPS) is 26.1. The molecule has 1 N–H and O–H groups in total. The van der Waals surface area contributed by atoms with Gasteiger partial charge in [0.05, 0.1) is 0 Å². The Morgan fingerprint density at radius 3 is 2.82 bits per heavy atom. The lowest BCUT2D eigenvalue weighted by Gasteiger charge is -2.39. The Balaban J connectivity index is 2.23. The number of hydrogen-bond acceptors (Lipinski definition) is 2. The molecule has 94 valence electrons. The van der Waals surface area contributed by atoms with Crippen LogP contribution in [-0.2, 0) is 0 Å². The van der Waals surface area contributed by atoms with Crippen LogP contribution in [-0.4, -0.2) is 31.1 Å². The van der Waals surface area contributed by atoms with Crippen LogP contribution in [0, 0.1) is 5.82 Å². The Morgan fingerprint density at radius 1 is 1.41 bits per heavy atom. The van der Waals surface area contributed by atoms with Gasteiger partial charge in [-0.1, -0.05) is 25.1 Å². The number of likely N-dealkylation sites (tertiary alicyclic amines) is 1. The minimum absolute atomic E-state index is 0.0762. The first-order valence-electron chi connectivity index (χ1n) is 6.42. The fraction of sp³-hybridized carbons (Fsp3) is 0.571. The lowest BCUT2D eigenvalue weighted by atomic mass is 9.91. The van der Waals surface area contributed by atoms with Crippen LogP contribution >= 0.6 is 0 Å². The molecule has 2 rings (SSSR count). The molecule has 0 aromatic heterocycles. The molecule has 0 radical (unpaired) electrons. The number of halogens is 1. The standard InChI is InChI=1S/C14H21FN2/c1-3-17-9-8-11(16-2)10-14(17)12-6-4-5-7-13(12)15/h4-7,11,14,16H,3,8-10H2,1-2H3/t11-,14+/m1/s1. The molecule has 1 fully saturated rings. The molecule has 0 spiro atoms. The third-order valence-corrected chi connectivity index (χ3v) is 3.79. The zero-order chi connectivity index (χ0) is 12.3. The Hall–Kier alpha value is -0.930. The van der Waals surface area contributed by atoms with Crippen molar-refractivity contribution < 1.29 is 4.39 Å². The van der Waals surface area contributed by atoms with E-state index in [0.717, 1.165) is 31.5 Å². The summed E-state index contributed by atoms with van der Waals surface area (Å²) in [5.41, 5.74) is 0.842. The maximum absolute atomic E-state index is 13.9. The van der Waals surface area contributed by atoms with Gasteiger partial charge in [-0.2, -0.15) is 0 Å². The van der Waals surface area contributed by atoms with E-state index in [-0.39, 0.29) is 11.9 Å². The topological polar surface area (TPSA) is 15.3 Å². The number of nitrogens with zero attached hydrogens (tertiary/aromatic N) is 1. The minimum Gasteiger partial charge on any atom is -0.317 e. The van der Waals surface area contributed by atoms with Crippen LogP contribution in [0.5, 0.6) is 0 Å². The predicted molar refractivity (Wildman–Crippen MR) is 68.5 cm³/mol. The highest BCUT2D eigenvalue weighted by atomic mass is 19.1. The summed E-state index contributed by atoms with van der Waals surface area (Å²) in [5, 5.41) is 3.32. The van der Waals surface area contributed by atoms with Crippen molar-refractivity contribution in [1.29, 1.82) is 0 Å². The molecule has 2 nitrogen and oxygen atoms in total. The van der Waals surface area contributed by atoms with E-state index in [1.54, 1.807) is 12.1 Å². The van der Waals surface area contributed by atoms with E-state index in [4.69, 9.17) is 0 Å². The molecule has 0 aliphatic carbocycles. The average molecular weight is 236 g/mol. The number of piperidine rings is 1. The fourth-order valence-electron chi connectivity index (χ4n) is 2.72. The summed E-state index contributed by atoms with van der Waals surface area (Å²) in [6.07, 6.45) is 2.14. The van der Waals surface area contributed by atoms with Gasteiger partial charge in [0.25, 0.3) is 0 Å². The van der Waals surface area contributed by atoms with Crippen molar-refractivity contribution in [3.05, 3.63) is 35.6 Å². The molecule has 0 amide bonds. The van der Waals surface area contributed by atoms with Crippen LogP contribution in [0.15, 0.2) is 24.3 Å². The second kappa shape index (κ2) is 5.61. The van der Waals surface area contributed by atoms with Crippen LogP contribution in [0.4, 0.5) is 4.39 Å². The van der Waals surface area contributed by atoms with Crippen molar-refractivity contribution in [2.24, 2.45) is 0 Å². The van der Waals surface area contributed by atoms with E-state index in [2.05, 4.69) is 17.1 Å². The first-order chi connectivity index (χ1) is 8.26. The van der Waals surface area contributed by atoms with Crippen LogP contribution in [0.2, 0.25) is 0 Å². The van der Waals surface area contributed by atoms with Gasteiger partial charge >= 0.3 is 0 Å². The van der Waals surface area contributed by atoms with E-state index in [9.17, 15) is 4.39 Å². The molecule has 17 heavy (non-hydrogen) atoms. The molecule has 1 aromatic rings. The molecule has 1 aliphatic rings. The molecule has 1 aromatic carbocycles. The first kappa shape index (κ1) is 12.5. The van der Waals surface area contributed by atoms with Crippen molar-refractivity contribution >= 4 is 0 Å². The second-order valence-corrected chi connectivity index (χ2v) is 4.68. The Labute approximate surface area is 103 Å². The van der Waals surface area contributed by atoms with Crippen molar-refractivity contribution in [2.75, 3.05) is 20.1 Å². The Kier molecular flexibility index (Phi) is 4.13. The zero-order valence-electron chi connectivity index (χ0n) is 10.6. The molecule has 1 saturated heterocycles. The maximum Gasteiger partial charge on any atom is 0.127 e. The monoisotopic (exact) mass is 236 g/mol. The van der Waals surface area contributed by atoms with Gasteiger partial charge < -0.3 is 5.32 Å². The summed E-state index contributed by atoms with van der Waals surface area (Å²) >= 11 is 0. The largest absolute Gasteiger partial charge is 0.317 e. The first-order valence-corrected chi connectivity index (χ1v) is 6.42. The van der Waals surface area contributed by atoms with Gasteiger partial charge in [-0.25, -0.2) is 4.39 Å². The summed E-state index contributed by atoms with van der Waals surface area (Å²) in [7, 11) is 1.99. The Morgan fingerprint density at radius 2 is 2.18 bits per heavy atom. The van der Waals surface area contributed by atoms with Gasteiger partial charge in [0, 0.05) is 24.2 Å². The summed E-state index contributed by atoms with van der Waals surface area (Å²) < 4.78 is 13.9. The number of rotatable bonds is 3. The SMILES string of the molecule is CCN1CC[C@@H](NC)C[C@H]1c1ccccc1F. The minimum atomic E-state index is -0.0762. The summed E-state index contributed by atoms with van der Waals surface area (Å²) in [6.45, 7) is 4.17. The summed E-state index contributed by atoms with van der Waals surface area (Å²) in [4.78, 5) is 2.37. The van der Waals surface area contributed by atoms with Gasteiger partial charge in [-0.3, -0.25) is 4.90 Å².